The number of benzene rings is 2. The van der Waals surface area contributed by atoms with Gasteiger partial charge in [0.05, 0.1) is 16.3 Å². The van der Waals surface area contributed by atoms with E-state index < -0.39 is 16.8 Å². The molecule has 0 fully saturated rings. The van der Waals surface area contributed by atoms with Crippen molar-refractivity contribution in [3.8, 4) is 0 Å². The SMILES string of the molecule is O=C(Nc1cc([N+](=O)[O-])ccc1F)Nc1cccc2[nH]ccc12. The Balaban J connectivity index is 1.81. The zero-order chi connectivity index (χ0) is 16.4. The summed E-state index contributed by atoms with van der Waals surface area (Å²) in [5, 5.41) is 16.4. The van der Waals surface area contributed by atoms with E-state index in [2.05, 4.69) is 15.6 Å². The Morgan fingerprint density at radius 2 is 1.91 bits per heavy atom. The number of nitrogens with one attached hydrogen (secondary N) is 3. The van der Waals surface area contributed by atoms with Gasteiger partial charge in [-0.15, -0.1) is 0 Å². The molecule has 3 N–H and O–H groups in total. The smallest absolute Gasteiger partial charge is 0.323 e. The van der Waals surface area contributed by atoms with Crippen molar-refractivity contribution < 1.29 is 14.1 Å². The number of nitro benzene ring substituents is 1. The van der Waals surface area contributed by atoms with E-state index in [0.29, 0.717) is 5.69 Å². The van der Waals surface area contributed by atoms with Gasteiger partial charge in [0, 0.05) is 29.2 Å². The maximum Gasteiger partial charge on any atom is 0.323 e. The summed E-state index contributed by atoms with van der Waals surface area (Å²) in [6, 6.07) is 9.31. The van der Waals surface area contributed by atoms with Gasteiger partial charge in [0.25, 0.3) is 5.69 Å². The van der Waals surface area contributed by atoms with Gasteiger partial charge in [-0.2, -0.15) is 0 Å². The highest BCUT2D eigenvalue weighted by atomic mass is 19.1. The summed E-state index contributed by atoms with van der Waals surface area (Å²) < 4.78 is 13.7. The van der Waals surface area contributed by atoms with Crippen LogP contribution in [0.25, 0.3) is 10.9 Å². The van der Waals surface area contributed by atoms with Crippen molar-refractivity contribution >= 4 is 34.0 Å². The molecule has 8 heteroatoms. The van der Waals surface area contributed by atoms with Gasteiger partial charge in [-0.3, -0.25) is 10.1 Å². The first-order valence-electron chi connectivity index (χ1n) is 6.62. The van der Waals surface area contributed by atoms with Crippen LogP contribution in [0.2, 0.25) is 0 Å². The molecule has 0 unspecified atom stereocenters. The van der Waals surface area contributed by atoms with E-state index >= 15 is 0 Å². The van der Waals surface area contributed by atoms with Crippen molar-refractivity contribution in [1.82, 2.24) is 4.98 Å². The Morgan fingerprint density at radius 1 is 1.13 bits per heavy atom. The number of urea groups is 1. The zero-order valence-corrected chi connectivity index (χ0v) is 11.7. The molecule has 0 aliphatic rings. The zero-order valence-electron chi connectivity index (χ0n) is 11.7. The molecular weight excluding hydrogens is 303 g/mol. The maximum absolute atomic E-state index is 13.7. The number of rotatable bonds is 3. The lowest BCUT2D eigenvalue weighted by Crippen LogP contribution is -2.20. The fraction of sp³-hybridized carbons (Fsp3) is 0. The van der Waals surface area contributed by atoms with Crippen LogP contribution in [0.3, 0.4) is 0 Å². The Bertz CT molecular complexity index is 907. The van der Waals surface area contributed by atoms with Crippen molar-refractivity contribution in [3.63, 3.8) is 0 Å². The highest BCUT2D eigenvalue weighted by Gasteiger charge is 2.13. The molecule has 0 saturated heterocycles. The first-order chi connectivity index (χ1) is 11.0. The Morgan fingerprint density at radius 3 is 2.70 bits per heavy atom. The van der Waals surface area contributed by atoms with E-state index in [1.807, 2.05) is 6.07 Å². The highest BCUT2D eigenvalue weighted by molar-refractivity contribution is 6.05. The lowest BCUT2D eigenvalue weighted by molar-refractivity contribution is -0.384. The first kappa shape index (κ1) is 14.5. The van der Waals surface area contributed by atoms with Crippen molar-refractivity contribution in [2.45, 2.75) is 0 Å². The Labute approximate surface area is 129 Å². The number of fused-ring (bicyclic) bond motifs is 1. The molecule has 1 aromatic heterocycles. The molecule has 7 nitrogen and oxygen atoms in total. The van der Waals surface area contributed by atoms with E-state index in [9.17, 15) is 19.3 Å². The van der Waals surface area contributed by atoms with E-state index in [-0.39, 0.29) is 11.4 Å². The third kappa shape index (κ3) is 2.95. The fourth-order valence-corrected chi connectivity index (χ4v) is 2.19. The number of nitro groups is 1. The quantitative estimate of drug-likeness (QED) is 0.505. The molecule has 116 valence electrons. The molecule has 0 spiro atoms. The van der Waals surface area contributed by atoms with Gasteiger partial charge >= 0.3 is 6.03 Å². The summed E-state index contributed by atoms with van der Waals surface area (Å²) in [6.45, 7) is 0. The molecule has 3 aromatic rings. The van der Waals surface area contributed by atoms with E-state index in [1.165, 1.54) is 0 Å². The molecule has 0 radical (unpaired) electrons. The second kappa shape index (κ2) is 5.76. The molecule has 3 rings (SSSR count). The third-order valence-electron chi connectivity index (χ3n) is 3.25. The van der Waals surface area contributed by atoms with Crippen LogP contribution >= 0.6 is 0 Å². The summed E-state index contributed by atoms with van der Waals surface area (Å²) in [5.74, 6) is -0.759. The van der Waals surface area contributed by atoms with E-state index in [1.54, 1.807) is 24.4 Å². The average molecular weight is 314 g/mol. The number of hydrogen-bond acceptors (Lipinski definition) is 3. The second-order valence-electron chi connectivity index (χ2n) is 4.74. The predicted octanol–water partition coefficient (Wildman–Crippen LogP) is 3.86. The third-order valence-corrected chi connectivity index (χ3v) is 3.25. The van der Waals surface area contributed by atoms with Gasteiger partial charge in [0.1, 0.15) is 5.82 Å². The summed E-state index contributed by atoms with van der Waals surface area (Å²) in [4.78, 5) is 25.1. The number of nitrogens with zero attached hydrogens (tertiary/aromatic N) is 1. The summed E-state index contributed by atoms with van der Waals surface area (Å²) >= 11 is 0. The number of amides is 2. The number of halogens is 1. The first-order valence-corrected chi connectivity index (χ1v) is 6.62. The number of carbonyl (C=O) groups is 1. The number of non-ortho nitro benzene ring substituents is 1. The second-order valence-corrected chi connectivity index (χ2v) is 4.74. The summed E-state index contributed by atoms with van der Waals surface area (Å²) in [7, 11) is 0. The number of carbonyl (C=O) groups excluding carboxylic acids is 1. The lowest BCUT2D eigenvalue weighted by Gasteiger charge is -2.09. The predicted molar refractivity (Wildman–Crippen MR) is 84.0 cm³/mol. The van der Waals surface area contributed by atoms with Gasteiger partial charge in [0.2, 0.25) is 0 Å². The number of aromatic amines is 1. The minimum Gasteiger partial charge on any atom is -0.361 e. The molecule has 2 aromatic carbocycles. The minimum atomic E-state index is -0.759. The number of hydrogen-bond donors (Lipinski definition) is 3. The van der Waals surface area contributed by atoms with Crippen LogP contribution in [0.4, 0.5) is 26.2 Å². The number of H-pyrrole nitrogens is 1. The molecule has 0 saturated carbocycles. The molecule has 2 amide bonds. The highest BCUT2D eigenvalue weighted by Crippen LogP contribution is 2.24. The number of anilines is 2. The molecule has 0 aliphatic carbocycles. The summed E-state index contributed by atoms with van der Waals surface area (Å²) in [6.07, 6.45) is 1.73. The van der Waals surface area contributed by atoms with Gasteiger partial charge in [-0.05, 0) is 24.3 Å². The van der Waals surface area contributed by atoms with Crippen LogP contribution in [0, 0.1) is 15.9 Å². The largest absolute Gasteiger partial charge is 0.361 e. The van der Waals surface area contributed by atoms with Gasteiger partial charge in [0.15, 0.2) is 0 Å². The molecule has 23 heavy (non-hydrogen) atoms. The standard InChI is InChI=1S/C15H11FN4O3/c16-11-5-4-9(20(22)23)8-14(11)19-15(21)18-13-3-1-2-12-10(13)6-7-17-12/h1-8,17H,(H2,18,19,21). The number of aromatic nitrogens is 1. The maximum atomic E-state index is 13.7. The van der Waals surface area contributed by atoms with Crippen LogP contribution in [0.1, 0.15) is 0 Å². The van der Waals surface area contributed by atoms with Crippen LogP contribution in [0.15, 0.2) is 48.7 Å². The van der Waals surface area contributed by atoms with Gasteiger partial charge < -0.3 is 15.6 Å². The van der Waals surface area contributed by atoms with Crippen LogP contribution in [-0.4, -0.2) is 15.9 Å². The van der Waals surface area contributed by atoms with Crippen LogP contribution < -0.4 is 10.6 Å². The average Bonchev–Trinajstić information content (AvgIpc) is 2.99. The normalized spacial score (nSPS) is 10.5. The Kier molecular flexibility index (Phi) is 3.63. The fourth-order valence-electron chi connectivity index (χ4n) is 2.19. The van der Waals surface area contributed by atoms with Crippen molar-refractivity contribution in [2.75, 3.05) is 10.6 Å². The monoisotopic (exact) mass is 314 g/mol. The van der Waals surface area contributed by atoms with Crippen molar-refractivity contribution in [1.29, 1.82) is 0 Å². The summed E-state index contributed by atoms with van der Waals surface area (Å²) in [5.41, 5.74) is 0.795. The molecule has 0 atom stereocenters. The van der Waals surface area contributed by atoms with Gasteiger partial charge in [-0.25, -0.2) is 9.18 Å². The van der Waals surface area contributed by atoms with Crippen molar-refractivity contribution in [2.24, 2.45) is 0 Å². The molecular formula is C15H11FN4O3. The van der Waals surface area contributed by atoms with E-state index in [4.69, 9.17) is 0 Å². The van der Waals surface area contributed by atoms with E-state index in [0.717, 1.165) is 29.1 Å². The molecule has 0 aliphatic heterocycles. The minimum absolute atomic E-state index is 0.266. The molecule has 0 bridgehead atoms. The van der Waals surface area contributed by atoms with Crippen LogP contribution in [0.5, 0.6) is 0 Å². The molecule has 1 heterocycles. The van der Waals surface area contributed by atoms with Crippen molar-refractivity contribution in [3.05, 3.63) is 64.6 Å². The topological polar surface area (TPSA) is 100 Å². The Hall–Kier alpha value is -3.42. The van der Waals surface area contributed by atoms with Gasteiger partial charge in [-0.1, -0.05) is 6.07 Å². The van der Waals surface area contributed by atoms with Crippen LogP contribution in [-0.2, 0) is 0 Å². The lowest BCUT2D eigenvalue weighted by atomic mass is 10.2.